The second-order valence-corrected chi connectivity index (χ2v) is 7.75. The third-order valence-corrected chi connectivity index (χ3v) is 3.96. The van der Waals surface area contributed by atoms with Crippen molar-refractivity contribution >= 4 is 17.8 Å². The molecule has 144 valence electrons. The van der Waals surface area contributed by atoms with Crippen LogP contribution in [0.25, 0.3) is 0 Å². The predicted molar refractivity (Wildman–Crippen MR) is 98.8 cm³/mol. The first-order chi connectivity index (χ1) is 11.3. The smallest absolute Gasteiger partial charge is 0.333 e. The van der Waals surface area contributed by atoms with Gasteiger partial charge in [0.25, 0.3) is 0 Å². The minimum Gasteiger partial charge on any atom is -0.463 e. The number of ether oxygens (including phenoxy) is 1. The Morgan fingerprint density at radius 3 is 2.04 bits per heavy atom. The molecule has 0 aliphatic carbocycles. The van der Waals surface area contributed by atoms with Gasteiger partial charge >= 0.3 is 5.97 Å². The lowest BCUT2D eigenvalue weighted by Crippen LogP contribution is -2.56. The second kappa shape index (κ2) is 9.59. The monoisotopic (exact) mass is 354 g/mol. The molecule has 0 aliphatic rings. The number of likely N-dealkylation sites (N-methyl/N-ethyl adjacent to an activating group) is 1. The van der Waals surface area contributed by atoms with E-state index in [0.29, 0.717) is 12.2 Å². The fourth-order valence-electron chi connectivity index (χ4n) is 2.52. The van der Waals surface area contributed by atoms with E-state index >= 15 is 0 Å². The van der Waals surface area contributed by atoms with Gasteiger partial charge in [-0.15, -0.1) is 0 Å². The van der Waals surface area contributed by atoms with Crippen LogP contribution in [0.4, 0.5) is 0 Å². The standard InChI is InChI=1S/C19H34N2O4/c1-10-25-18(24)13(4)11-15(12(2)3)21(9)17(23)16(19(6,7)8)20-14(5)22/h11-12,15-16H,10H2,1-9H3,(H,20,22)/b13-11+/t15-,16-/m1/s1. The summed E-state index contributed by atoms with van der Waals surface area (Å²) in [6, 6.07) is -0.928. The van der Waals surface area contributed by atoms with Gasteiger partial charge in [0.1, 0.15) is 6.04 Å². The van der Waals surface area contributed by atoms with E-state index in [4.69, 9.17) is 4.74 Å². The van der Waals surface area contributed by atoms with Gasteiger partial charge in [-0.25, -0.2) is 4.79 Å². The number of hydrogen-bond donors (Lipinski definition) is 1. The highest BCUT2D eigenvalue weighted by atomic mass is 16.5. The average Bonchev–Trinajstić information content (AvgIpc) is 2.47. The van der Waals surface area contributed by atoms with Gasteiger partial charge in [-0.2, -0.15) is 0 Å². The summed E-state index contributed by atoms with van der Waals surface area (Å²) in [7, 11) is 1.70. The number of carbonyl (C=O) groups excluding carboxylic acids is 3. The number of nitrogens with zero attached hydrogens (tertiary/aromatic N) is 1. The van der Waals surface area contributed by atoms with Crippen molar-refractivity contribution in [2.75, 3.05) is 13.7 Å². The Morgan fingerprint density at radius 1 is 1.16 bits per heavy atom. The van der Waals surface area contributed by atoms with Crippen molar-refractivity contribution in [2.24, 2.45) is 11.3 Å². The van der Waals surface area contributed by atoms with E-state index in [1.165, 1.54) is 6.92 Å². The molecule has 0 saturated carbocycles. The van der Waals surface area contributed by atoms with E-state index < -0.39 is 11.5 Å². The maximum Gasteiger partial charge on any atom is 0.333 e. The van der Waals surface area contributed by atoms with Gasteiger partial charge in [-0.05, 0) is 25.2 Å². The van der Waals surface area contributed by atoms with Crippen LogP contribution in [0.3, 0.4) is 0 Å². The minimum atomic E-state index is -0.646. The van der Waals surface area contributed by atoms with E-state index in [1.807, 2.05) is 34.6 Å². The van der Waals surface area contributed by atoms with Gasteiger partial charge in [0.15, 0.2) is 0 Å². The molecule has 0 aliphatic heterocycles. The van der Waals surface area contributed by atoms with E-state index in [0.717, 1.165) is 0 Å². The fraction of sp³-hybridized carbons (Fsp3) is 0.737. The molecule has 0 aromatic rings. The summed E-state index contributed by atoms with van der Waals surface area (Å²) in [5.74, 6) is -0.727. The van der Waals surface area contributed by atoms with E-state index in [2.05, 4.69) is 5.32 Å². The zero-order chi connectivity index (χ0) is 19.9. The molecule has 1 N–H and O–H groups in total. The number of esters is 1. The van der Waals surface area contributed by atoms with E-state index in [9.17, 15) is 14.4 Å². The normalized spacial score (nSPS) is 14.7. The summed E-state index contributed by atoms with van der Waals surface area (Å²) in [4.78, 5) is 38.0. The zero-order valence-electron chi connectivity index (χ0n) is 17.1. The maximum atomic E-state index is 13.0. The Kier molecular flexibility index (Phi) is 8.88. The predicted octanol–water partition coefficient (Wildman–Crippen LogP) is 2.53. The molecule has 0 rings (SSSR count). The molecule has 0 bridgehead atoms. The highest BCUT2D eigenvalue weighted by Crippen LogP contribution is 2.23. The minimum absolute atomic E-state index is 0.0938. The Balaban J connectivity index is 5.61. The second-order valence-electron chi connectivity index (χ2n) is 7.75. The Hall–Kier alpha value is -1.85. The van der Waals surface area contributed by atoms with Crippen molar-refractivity contribution < 1.29 is 19.1 Å². The number of amides is 2. The van der Waals surface area contributed by atoms with Crippen LogP contribution in [0, 0.1) is 11.3 Å². The van der Waals surface area contributed by atoms with Gasteiger partial charge in [-0.1, -0.05) is 40.7 Å². The van der Waals surface area contributed by atoms with Crippen LogP contribution < -0.4 is 5.32 Å². The first-order valence-corrected chi connectivity index (χ1v) is 8.72. The maximum absolute atomic E-state index is 13.0. The summed E-state index contributed by atoms with van der Waals surface area (Å²) in [6.07, 6.45) is 1.76. The molecule has 6 heteroatoms. The molecule has 0 fully saturated rings. The molecule has 6 nitrogen and oxygen atoms in total. The molecule has 0 unspecified atom stereocenters. The van der Waals surface area contributed by atoms with Crippen LogP contribution in [0.5, 0.6) is 0 Å². The highest BCUT2D eigenvalue weighted by molar-refractivity contribution is 5.89. The lowest BCUT2D eigenvalue weighted by molar-refractivity contribution is -0.140. The molecule has 0 aromatic carbocycles. The molecule has 0 spiro atoms. The molecule has 0 heterocycles. The van der Waals surface area contributed by atoms with Gasteiger partial charge in [-0.3, -0.25) is 9.59 Å². The first-order valence-electron chi connectivity index (χ1n) is 8.72. The van der Waals surface area contributed by atoms with Gasteiger partial charge in [0, 0.05) is 19.5 Å². The summed E-state index contributed by atoms with van der Waals surface area (Å²) >= 11 is 0. The number of carbonyl (C=O) groups is 3. The summed E-state index contributed by atoms with van der Waals surface area (Å²) in [5.41, 5.74) is 0.0327. The average molecular weight is 354 g/mol. The lowest BCUT2D eigenvalue weighted by Gasteiger charge is -2.37. The number of rotatable bonds is 7. The SMILES string of the molecule is CCOC(=O)/C(C)=C/[C@H](C(C)C)N(C)C(=O)[C@@H](NC(C)=O)C(C)(C)C. The van der Waals surface area contributed by atoms with Gasteiger partial charge < -0.3 is 15.0 Å². The van der Waals surface area contributed by atoms with Crippen LogP contribution in [0.1, 0.15) is 55.4 Å². The lowest BCUT2D eigenvalue weighted by atomic mass is 9.85. The molecule has 2 amide bonds. The van der Waals surface area contributed by atoms with Crippen molar-refractivity contribution in [3.8, 4) is 0 Å². The Morgan fingerprint density at radius 2 is 1.68 bits per heavy atom. The Bertz CT molecular complexity index is 518. The highest BCUT2D eigenvalue weighted by Gasteiger charge is 2.36. The largest absolute Gasteiger partial charge is 0.463 e. The number of hydrogen-bond acceptors (Lipinski definition) is 4. The quantitative estimate of drug-likeness (QED) is 0.563. The zero-order valence-corrected chi connectivity index (χ0v) is 17.1. The molecule has 0 radical (unpaired) electrons. The third-order valence-electron chi connectivity index (χ3n) is 3.96. The fourth-order valence-corrected chi connectivity index (χ4v) is 2.52. The van der Waals surface area contributed by atoms with Crippen LogP contribution in [-0.2, 0) is 19.1 Å². The van der Waals surface area contributed by atoms with Crippen LogP contribution in [-0.4, -0.2) is 48.4 Å². The molecule has 0 aromatic heterocycles. The van der Waals surface area contributed by atoms with Crippen molar-refractivity contribution in [3.63, 3.8) is 0 Å². The van der Waals surface area contributed by atoms with Crippen molar-refractivity contribution in [1.29, 1.82) is 0 Å². The number of nitrogens with one attached hydrogen (secondary N) is 1. The topological polar surface area (TPSA) is 75.7 Å². The van der Waals surface area contributed by atoms with Crippen molar-refractivity contribution in [3.05, 3.63) is 11.6 Å². The summed E-state index contributed by atoms with van der Waals surface area (Å²) in [5, 5.41) is 2.75. The van der Waals surface area contributed by atoms with Crippen molar-refractivity contribution in [1.82, 2.24) is 10.2 Å². The summed E-state index contributed by atoms with van der Waals surface area (Å²) < 4.78 is 5.01. The third kappa shape index (κ3) is 7.28. The Labute approximate surface area is 152 Å². The molecular formula is C19H34N2O4. The van der Waals surface area contributed by atoms with Crippen molar-refractivity contribution in [2.45, 2.75) is 67.5 Å². The van der Waals surface area contributed by atoms with Gasteiger partial charge in [0.2, 0.25) is 11.8 Å². The van der Waals surface area contributed by atoms with Crippen LogP contribution in [0.2, 0.25) is 0 Å². The molecular weight excluding hydrogens is 320 g/mol. The van der Waals surface area contributed by atoms with Gasteiger partial charge in [0.05, 0.1) is 12.6 Å². The first kappa shape index (κ1) is 23.1. The molecule has 2 atom stereocenters. The molecule has 25 heavy (non-hydrogen) atoms. The van der Waals surface area contributed by atoms with E-state index in [1.54, 1.807) is 31.9 Å². The summed E-state index contributed by atoms with van der Waals surface area (Å²) in [6.45, 7) is 14.8. The van der Waals surface area contributed by atoms with Crippen LogP contribution in [0.15, 0.2) is 11.6 Å². The molecule has 0 saturated heterocycles. The van der Waals surface area contributed by atoms with E-state index in [-0.39, 0.29) is 29.7 Å². The van der Waals surface area contributed by atoms with Crippen LogP contribution >= 0.6 is 0 Å².